The standard InChI is InChI=1S/C19H20N2O4/c1-19(2)12-21(17(19)13-7-9-20-10-8-13)18(24)14-3-5-15(6-4-14)25-11-16(22)23/h3-10,17H,11-12H2,1-2H3,(H,22,23). The van der Waals surface area contributed by atoms with Crippen LogP contribution in [0.3, 0.4) is 0 Å². The molecule has 1 saturated heterocycles. The average molecular weight is 340 g/mol. The molecule has 1 N–H and O–H groups in total. The summed E-state index contributed by atoms with van der Waals surface area (Å²) < 4.78 is 5.10. The third kappa shape index (κ3) is 3.47. The van der Waals surface area contributed by atoms with Gasteiger partial charge in [-0.15, -0.1) is 0 Å². The molecule has 0 spiro atoms. The van der Waals surface area contributed by atoms with Gasteiger partial charge in [-0.05, 0) is 42.0 Å². The molecular weight excluding hydrogens is 320 g/mol. The summed E-state index contributed by atoms with van der Waals surface area (Å²) in [4.78, 5) is 29.3. The Bertz CT molecular complexity index is 772. The summed E-state index contributed by atoms with van der Waals surface area (Å²) in [5.74, 6) is -0.664. The minimum atomic E-state index is -1.04. The van der Waals surface area contributed by atoms with Crippen molar-refractivity contribution in [3.8, 4) is 5.75 Å². The molecule has 130 valence electrons. The predicted octanol–water partition coefficient (Wildman–Crippen LogP) is 2.77. The van der Waals surface area contributed by atoms with Crippen LogP contribution in [0.5, 0.6) is 5.75 Å². The van der Waals surface area contributed by atoms with Gasteiger partial charge in [-0.1, -0.05) is 13.8 Å². The molecule has 0 saturated carbocycles. The van der Waals surface area contributed by atoms with Crippen molar-refractivity contribution in [2.24, 2.45) is 5.41 Å². The number of amides is 1. The topological polar surface area (TPSA) is 79.7 Å². The minimum Gasteiger partial charge on any atom is -0.482 e. The fourth-order valence-electron chi connectivity index (χ4n) is 3.30. The van der Waals surface area contributed by atoms with Crippen LogP contribution in [0.4, 0.5) is 0 Å². The number of carboxylic acid groups (broad SMARTS) is 1. The summed E-state index contributed by atoms with van der Waals surface area (Å²) in [6.45, 7) is 4.56. The van der Waals surface area contributed by atoms with E-state index in [0.29, 0.717) is 17.9 Å². The first-order chi connectivity index (χ1) is 11.9. The molecule has 3 rings (SSSR count). The van der Waals surface area contributed by atoms with E-state index >= 15 is 0 Å². The van der Waals surface area contributed by atoms with E-state index in [2.05, 4.69) is 18.8 Å². The number of carbonyl (C=O) groups excluding carboxylic acids is 1. The highest BCUT2D eigenvalue weighted by Gasteiger charge is 2.48. The van der Waals surface area contributed by atoms with Crippen molar-refractivity contribution in [1.29, 1.82) is 0 Å². The molecule has 1 aliphatic rings. The van der Waals surface area contributed by atoms with Gasteiger partial charge in [0.15, 0.2) is 6.61 Å². The van der Waals surface area contributed by atoms with Crippen molar-refractivity contribution in [3.05, 3.63) is 59.9 Å². The van der Waals surface area contributed by atoms with E-state index in [1.807, 2.05) is 17.0 Å². The lowest BCUT2D eigenvalue weighted by atomic mass is 9.71. The maximum absolute atomic E-state index is 12.9. The molecular formula is C19H20N2O4. The summed E-state index contributed by atoms with van der Waals surface area (Å²) in [6, 6.07) is 10.4. The van der Waals surface area contributed by atoms with Gasteiger partial charge in [-0.3, -0.25) is 9.78 Å². The second-order valence-corrected chi connectivity index (χ2v) is 6.81. The normalized spacial score (nSPS) is 18.3. The molecule has 1 fully saturated rings. The number of carboxylic acids is 1. The van der Waals surface area contributed by atoms with Crippen LogP contribution in [0.25, 0.3) is 0 Å². The Morgan fingerprint density at radius 2 is 1.84 bits per heavy atom. The van der Waals surface area contributed by atoms with Crippen LogP contribution in [-0.2, 0) is 4.79 Å². The Morgan fingerprint density at radius 3 is 2.40 bits per heavy atom. The Labute approximate surface area is 146 Å². The lowest BCUT2D eigenvalue weighted by molar-refractivity contribution is -0.139. The Morgan fingerprint density at radius 1 is 1.20 bits per heavy atom. The fourth-order valence-corrected chi connectivity index (χ4v) is 3.30. The average Bonchev–Trinajstić information content (AvgIpc) is 2.59. The molecule has 0 bridgehead atoms. The molecule has 1 amide bonds. The van der Waals surface area contributed by atoms with E-state index in [0.717, 1.165) is 5.56 Å². The number of pyridine rings is 1. The zero-order valence-electron chi connectivity index (χ0n) is 14.2. The van der Waals surface area contributed by atoms with E-state index in [1.54, 1.807) is 36.7 Å². The second-order valence-electron chi connectivity index (χ2n) is 6.81. The lowest BCUT2D eigenvalue weighted by Gasteiger charge is -2.54. The number of nitrogens with zero attached hydrogens (tertiary/aromatic N) is 2. The molecule has 6 heteroatoms. The number of ether oxygens (including phenoxy) is 1. The highest BCUT2D eigenvalue weighted by molar-refractivity contribution is 5.95. The molecule has 0 aliphatic carbocycles. The van der Waals surface area contributed by atoms with Gasteiger partial charge < -0.3 is 14.7 Å². The molecule has 1 aromatic carbocycles. The molecule has 2 heterocycles. The number of likely N-dealkylation sites (tertiary alicyclic amines) is 1. The number of rotatable bonds is 5. The zero-order chi connectivity index (χ0) is 18.0. The first-order valence-corrected chi connectivity index (χ1v) is 8.04. The first kappa shape index (κ1) is 17.0. The highest BCUT2D eigenvalue weighted by Crippen LogP contribution is 2.48. The van der Waals surface area contributed by atoms with Crippen LogP contribution < -0.4 is 4.74 Å². The molecule has 6 nitrogen and oxygen atoms in total. The van der Waals surface area contributed by atoms with Gasteiger partial charge in [0, 0.05) is 29.9 Å². The second kappa shape index (κ2) is 6.55. The summed E-state index contributed by atoms with van der Waals surface area (Å²) in [5.41, 5.74) is 1.62. The minimum absolute atomic E-state index is 0.00154. The number of benzene rings is 1. The van der Waals surface area contributed by atoms with Crippen LogP contribution in [0.1, 0.15) is 35.8 Å². The van der Waals surface area contributed by atoms with Crippen LogP contribution in [0.2, 0.25) is 0 Å². The van der Waals surface area contributed by atoms with Gasteiger partial charge >= 0.3 is 5.97 Å². The van der Waals surface area contributed by atoms with Gasteiger partial charge in [-0.2, -0.15) is 0 Å². The Balaban J connectivity index is 1.75. The van der Waals surface area contributed by atoms with Crippen molar-refractivity contribution in [2.75, 3.05) is 13.2 Å². The number of hydrogen-bond donors (Lipinski definition) is 1. The van der Waals surface area contributed by atoms with E-state index < -0.39 is 12.6 Å². The van der Waals surface area contributed by atoms with Crippen LogP contribution in [0, 0.1) is 5.41 Å². The molecule has 2 aromatic rings. The van der Waals surface area contributed by atoms with Gasteiger partial charge in [0.1, 0.15) is 5.75 Å². The Hall–Kier alpha value is -2.89. The number of aromatic nitrogens is 1. The zero-order valence-corrected chi connectivity index (χ0v) is 14.2. The third-order valence-electron chi connectivity index (χ3n) is 4.38. The van der Waals surface area contributed by atoms with Gasteiger partial charge in [0.25, 0.3) is 5.91 Å². The molecule has 1 atom stereocenters. The van der Waals surface area contributed by atoms with Crippen molar-refractivity contribution in [1.82, 2.24) is 9.88 Å². The monoisotopic (exact) mass is 340 g/mol. The summed E-state index contributed by atoms with van der Waals surface area (Å²) in [5, 5.41) is 8.63. The number of hydrogen-bond acceptors (Lipinski definition) is 4. The SMILES string of the molecule is CC1(C)CN(C(=O)c2ccc(OCC(=O)O)cc2)C1c1ccncc1. The molecule has 1 aliphatic heterocycles. The predicted molar refractivity (Wildman–Crippen MR) is 91.4 cm³/mol. The quantitative estimate of drug-likeness (QED) is 0.905. The molecule has 1 unspecified atom stereocenters. The Kier molecular flexibility index (Phi) is 4.44. The number of aliphatic carboxylic acids is 1. The smallest absolute Gasteiger partial charge is 0.341 e. The van der Waals surface area contributed by atoms with Crippen LogP contribution >= 0.6 is 0 Å². The maximum atomic E-state index is 12.9. The lowest BCUT2D eigenvalue weighted by Crippen LogP contribution is -2.57. The van der Waals surface area contributed by atoms with E-state index in [1.165, 1.54) is 0 Å². The molecule has 25 heavy (non-hydrogen) atoms. The largest absolute Gasteiger partial charge is 0.482 e. The van der Waals surface area contributed by atoms with Crippen LogP contribution in [-0.4, -0.2) is 40.0 Å². The van der Waals surface area contributed by atoms with Crippen molar-refractivity contribution < 1.29 is 19.4 Å². The van der Waals surface area contributed by atoms with E-state index in [4.69, 9.17) is 9.84 Å². The molecule has 0 radical (unpaired) electrons. The molecule has 1 aromatic heterocycles. The number of carbonyl (C=O) groups is 2. The summed E-state index contributed by atoms with van der Waals surface area (Å²) >= 11 is 0. The van der Waals surface area contributed by atoms with Crippen molar-refractivity contribution in [3.63, 3.8) is 0 Å². The van der Waals surface area contributed by atoms with Crippen molar-refractivity contribution in [2.45, 2.75) is 19.9 Å². The first-order valence-electron chi connectivity index (χ1n) is 8.04. The van der Waals surface area contributed by atoms with Crippen molar-refractivity contribution >= 4 is 11.9 Å². The van der Waals surface area contributed by atoms with Gasteiger partial charge in [0.05, 0.1) is 6.04 Å². The van der Waals surface area contributed by atoms with E-state index in [-0.39, 0.29) is 17.4 Å². The highest BCUT2D eigenvalue weighted by atomic mass is 16.5. The fraction of sp³-hybridized carbons (Fsp3) is 0.316. The van der Waals surface area contributed by atoms with Gasteiger partial charge in [0.2, 0.25) is 0 Å². The van der Waals surface area contributed by atoms with Crippen LogP contribution in [0.15, 0.2) is 48.8 Å². The van der Waals surface area contributed by atoms with Gasteiger partial charge in [-0.25, -0.2) is 4.79 Å². The summed E-state index contributed by atoms with van der Waals surface area (Å²) in [7, 11) is 0. The maximum Gasteiger partial charge on any atom is 0.341 e. The summed E-state index contributed by atoms with van der Waals surface area (Å²) in [6.07, 6.45) is 3.47. The van der Waals surface area contributed by atoms with E-state index in [9.17, 15) is 9.59 Å². The third-order valence-corrected chi connectivity index (χ3v) is 4.38.